The Balaban J connectivity index is 2.89. The molecule has 0 fully saturated rings. The summed E-state index contributed by atoms with van der Waals surface area (Å²) in [5, 5.41) is 0.360. The van der Waals surface area contributed by atoms with E-state index in [1.54, 1.807) is 0 Å². The largest absolute Gasteiger partial charge is 0.423 e. The molecule has 0 saturated carbocycles. The third kappa shape index (κ3) is 1.30. The average molecular weight is 182 g/mol. The second kappa shape index (κ2) is 2.65. The molecule has 1 heterocycles. The predicted molar refractivity (Wildman–Crippen MR) is 42.4 cm³/mol. The normalized spacial score (nSPS) is 10.6. The van der Waals surface area contributed by atoms with Gasteiger partial charge in [0, 0.05) is 17.5 Å². The fraction of sp³-hybridized carbons (Fsp3) is 0. The van der Waals surface area contributed by atoms with Crippen LogP contribution in [0.4, 0.5) is 8.78 Å². The van der Waals surface area contributed by atoms with Crippen molar-refractivity contribution in [2.75, 3.05) is 0 Å². The van der Waals surface area contributed by atoms with Gasteiger partial charge in [0.2, 0.25) is 0 Å². The molecule has 0 radical (unpaired) electrons. The molecule has 1 aromatic carbocycles. The predicted octanol–water partition coefficient (Wildman–Crippen LogP) is 2.07. The molecular weight excluding hydrogens is 178 g/mol. The first-order chi connectivity index (χ1) is 6.16. The molecule has 0 aliphatic heterocycles. The Bertz CT molecular complexity index is 516. The van der Waals surface area contributed by atoms with E-state index in [2.05, 4.69) is 4.42 Å². The van der Waals surface area contributed by atoms with E-state index in [1.165, 1.54) is 6.07 Å². The number of fused-ring (bicyclic) bond motifs is 1. The molecule has 0 spiro atoms. The van der Waals surface area contributed by atoms with E-state index < -0.39 is 17.3 Å². The minimum absolute atomic E-state index is 0.0476. The molecule has 2 aromatic rings. The van der Waals surface area contributed by atoms with E-state index in [9.17, 15) is 13.6 Å². The Labute approximate surface area is 71.4 Å². The van der Waals surface area contributed by atoms with Gasteiger partial charge in [0.05, 0.1) is 0 Å². The lowest BCUT2D eigenvalue weighted by Gasteiger charge is -1.96. The number of hydrogen-bond donors (Lipinski definition) is 0. The van der Waals surface area contributed by atoms with Gasteiger partial charge in [-0.1, -0.05) is 0 Å². The van der Waals surface area contributed by atoms with Gasteiger partial charge in [0.25, 0.3) is 0 Å². The highest BCUT2D eigenvalue weighted by atomic mass is 19.2. The first-order valence-electron chi connectivity index (χ1n) is 3.56. The van der Waals surface area contributed by atoms with Crippen molar-refractivity contribution in [2.24, 2.45) is 0 Å². The maximum atomic E-state index is 12.7. The highest BCUT2D eigenvalue weighted by Gasteiger charge is 2.05. The molecule has 0 atom stereocenters. The van der Waals surface area contributed by atoms with Crippen molar-refractivity contribution in [3.05, 3.63) is 46.3 Å². The average Bonchev–Trinajstić information content (AvgIpc) is 2.08. The van der Waals surface area contributed by atoms with Crippen molar-refractivity contribution in [3.63, 3.8) is 0 Å². The second-order valence-corrected chi connectivity index (χ2v) is 2.56. The molecule has 0 N–H and O–H groups in total. The first kappa shape index (κ1) is 7.91. The Morgan fingerprint density at radius 3 is 2.54 bits per heavy atom. The SMILES string of the molecule is O=c1ccc2cc(F)c(F)cc2o1. The number of halogens is 2. The Hall–Kier alpha value is -1.71. The molecule has 13 heavy (non-hydrogen) atoms. The second-order valence-electron chi connectivity index (χ2n) is 2.56. The van der Waals surface area contributed by atoms with E-state index in [1.807, 2.05) is 0 Å². The van der Waals surface area contributed by atoms with E-state index in [0.717, 1.165) is 18.2 Å². The van der Waals surface area contributed by atoms with E-state index in [4.69, 9.17) is 0 Å². The monoisotopic (exact) mass is 182 g/mol. The molecule has 66 valence electrons. The Morgan fingerprint density at radius 1 is 1.08 bits per heavy atom. The lowest BCUT2D eigenvalue weighted by Crippen LogP contribution is -1.95. The highest BCUT2D eigenvalue weighted by Crippen LogP contribution is 2.16. The topological polar surface area (TPSA) is 30.2 Å². The van der Waals surface area contributed by atoms with Gasteiger partial charge >= 0.3 is 5.63 Å². The number of rotatable bonds is 0. The van der Waals surface area contributed by atoms with Crippen LogP contribution in [0.25, 0.3) is 11.0 Å². The molecule has 0 aliphatic carbocycles. The summed E-state index contributed by atoms with van der Waals surface area (Å²) in [6.45, 7) is 0. The van der Waals surface area contributed by atoms with Crippen molar-refractivity contribution in [3.8, 4) is 0 Å². The van der Waals surface area contributed by atoms with Gasteiger partial charge < -0.3 is 4.42 Å². The molecule has 0 amide bonds. The fourth-order valence-corrected chi connectivity index (χ4v) is 1.06. The third-order valence-electron chi connectivity index (χ3n) is 1.66. The first-order valence-corrected chi connectivity index (χ1v) is 3.56. The molecule has 0 saturated heterocycles. The maximum absolute atomic E-state index is 12.7. The van der Waals surface area contributed by atoms with Gasteiger partial charge in [0.15, 0.2) is 11.6 Å². The van der Waals surface area contributed by atoms with Crippen LogP contribution < -0.4 is 5.63 Å². The summed E-state index contributed by atoms with van der Waals surface area (Å²) in [4.78, 5) is 10.7. The standard InChI is InChI=1S/C9H4F2O2/c10-6-3-5-1-2-9(12)13-8(5)4-7(6)11/h1-4H. The highest BCUT2D eigenvalue weighted by molar-refractivity contribution is 5.76. The lowest BCUT2D eigenvalue weighted by molar-refractivity contribution is 0.502. The van der Waals surface area contributed by atoms with Gasteiger partial charge in [-0.05, 0) is 12.1 Å². The van der Waals surface area contributed by atoms with Crippen LogP contribution in [0.3, 0.4) is 0 Å². The fourth-order valence-electron chi connectivity index (χ4n) is 1.06. The van der Waals surface area contributed by atoms with Gasteiger partial charge in [0.1, 0.15) is 5.58 Å². The van der Waals surface area contributed by atoms with Crippen LogP contribution >= 0.6 is 0 Å². The van der Waals surface area contributed by atoms with Crippen molar-refractivity contribution in [2.45, 2.75) is 0 Å². The zero-order valence-electron chi connectivity index (χ0n) is 6.38. The van der Waals surface area contributed by atoms with Crippen molar-refractivity contribution in [1.29, 1.82) is 0 Å². The van der Waals surface area contributed by atoms with Gasteiger partial charge in [-0.3, -0.25) is 0 Å². The molecule has 1 aromatic heterocycles. The zero-order valence-corrected chi connectivity index (χ0v) is 6.38. The summed E-state index contributed by atoms with van der Waals surface area (Å²) in [6.07, 6.45) is 0. The van der Waals surface area contributed by atoms with Crippen LogP contribution in [-0.4, -0.2) is 0 Å². The minimum atomic E-state index is -1.03. The number of hydrogen-bond acceptors (Lipinski definition) is 2. The quantitative estimate of drug-likeness (QED) is 0.584. The van der Waals surface area contributed by atoms with Crippen LogP contribution in [0.1, 0.15) is 0 Å². The molecule has 4 heteroatoms. The summed E-state index contributed by atoms with van der Waals surface area (Å²) in [5.74, 6) is -1.98. The molecule has 2 nitrogen and oxygen atoms in total. The Kier molecular flexibility index (Phi) is 1.62. The molecular formula is C9H4F2O2. The molecule has 2 rings (SSSR count). The Morgan fingerprint density at radius 2 is 1.77 bits per heavy atom. The van der Waals surface area contributed by atoms with E-state index in [-0.39, 0.29) is 5.58 Å². The number of benzene rings is 1. The van der Waals surface area contributed by atoms with Gasteiger partial charge in [-0.25, -0.2) is 13.6 Å². The van der Waals surface area contributed by atoms with Gasteiger partial charge in [-0.2, -0.15) is 0 Å². The van der Waals surface area contributed by atoms with Crippen molar-refractivity contribution < 1.29 is 13.2 Å². The van der Waals surface area contributed by atoms with E-state index in [0.29, 0.717) is 5.39 Å². The lowest BCUT2D eigenvalue weighted by atomic mass is 10.2. The van der Waals surface area contributed by atoms with Crippen LogP contribution in [0.15, 0.2) is 33.5 Å². The third-order valence-corrected chi connectivity index (χ3v) is 1.66. The smallest absolute Gasteiger partial charge is 0.336 e. The summed E-state index contributed by atoms with van der Waals surface area (Å²) < 4.78 is 29.9. The summed E-state index contributed by atoms with van der Waals surface area (Å²) in [7, 11) is 0. The molecule has 0 bridgehead atoms. The zero-order chi connectivity index (χ0) is 9.42. The summed E-state index contributed by atoms with van der Waals surface area (Å²) in [5.41, 5.74) is -0.537. The van der Waals surface area contributed by atoms with Crippen molar-refractivity contribution >= 4 is 11.0 Å². The van der Waals surface area contributed by atoms with Crippen LogP contribution in [-0.2, 0) is 0 Å². The van der Waals surface area contributed by atoms with Crippen LogP contribution in [0.5, 0.6) is 0 Å². The summed E-state index contributed by atoms with van der Waals surface area (Å²) >= 11 is 0. The van der Waals surface area contributed by atoms with Crippen LogP contribution in [0, 0.1) is 11.6 Å². The van der Waals surface area contributed by atoms with Gasteiger partial charge in [-0.15, -0.1) is 0 Å². The maximum Gasteiger partial charge on any atom is 0.336 e. The van der Waals surface area contributed by atoms with E-state index >= 15 is 0 Å². The molecule has 0 aliphatic rings. The van der Waals surface area contributed by atoms with Crippen LogP contribution in [0.2, 0.25) is 0 Å². The van der Waals surface area contributed by atoms with Crippen molar-refractivity contribution in [1.82, 2.24) is 0 Å². The summed E-state index contributed by atoms with van der Waals surface area (Å²) in [6, 6.07) is 4.36. The molecule has 0 unspecified atom stereocenters. The minimum Gasteiger partial charge on any atom is -0.423 e.